The number of carbonyl (C=O) groups is 1. The molecule has 2 aromatic rings. The van der Waals surface area contributed by atoms with Gasteiger partial charge in [-0.2, -0.15) is 0 Å². The number of fused-ring (bicyclic) bond motifs is 1. The van der Waals surface area contributed by atoms with Crippen LogP contribution in [0.5, 0.6) is 0 Å². The number of hydrogen-bond donors (Lipinski definition) is 2. The fraction of sp³-hybridized carbons (Fsp3) is 0.500. The minimum absolute atomic E-state index is 0.138. The smallest absolute Gasteiger partial charge is 0.306 e. The van der Waals surface area contributed by atoms with Crippen LogP contribution in [-0.4, -0.2) is 17.1 Å². The lowest BCUT2D eigenvalue weighted by Crippen LogP contribution is -2.36. The molecule has 0 bridgehead atoms. The Balaban J connectivity index is 1.68. The average molecular weight is 301 g/mol. The van der Waals surface area contributed by atoms with Gasteiger partial charge in [0.05, 0.1) is 12.0 Å². The molecule has 1 aromatic carbocycles. The molecule has 1 aliphatic carbocycles. The van der Waals surface area contributed by atoms with Crippen LogP contribution in [0.1, 0.15) is 50.0 Å². The summed E-state index contributed by atoms with van der Waals surface area (Å²) in [6.45, 7) is 4.22. The molecule has 0 radical (unpaired) electrons. The fourth-order valence-corrected chi connectivity index (χ4v) is 3.54. The zero-order valence-electron chi connectivity index (χ0n) is 13.1. The number of rotatable bonds is 4. The highest BCUT2D eigenvalue weighted by atomic mass is 16.4. The van der Waals surface area contributed by atoms with Crippen molar-refractivity contribution in [1.29, 1.82) is 0 Å². The lowest BCUT2D eigenvalue weighted by Gasteiger charge is -2.29. The van der Waals surface area contributed by atoms with E-state index in [1.165, 1.54) is 10.9 Å². The summed E-state index contributed by atoms with van der Waals surface area (Å²) in [6, 6.07) is 8.61. The van der Waals surface area contributed by atoms with Crippen molar-refractivity contribution in [1.82, 2.24) is 5.32 Å². The summed E-state index contributed by atoms with van der Waals surface area (Å²) in [7, 11) is 0. The Morgan fingerprint density at radius 1 is 1.27 bits per heavy atom. The van der Waals surface area contributed by atoms with Crippen molar-refractivity contribution in [3.63, 3.8) is 0 Å². The molecule has 1 aromatic heterocycles. The molecule has 1 unspecified atom stereocenters. The van der Waals surface area contributed by atoms with Crippen molar-refractivity contribution in [3.05, 3.63) is 35.6 Å². The number of benzene rings is 1. The first-order valence-electron chi connectivity index (χ1n) is 8.03. The van der Waals surface area contributed by atoms with Crippen LogP contribution in [0, 0.1) is 12.8 Å². The minimum atomic E-state index is -0.653. The van der Waals surface area contributed by atoms with Crippen molar-refractivity contribution in [2.75, 3.05) is 0 Å². The second-order valence-corrected chi connectivity index (χ2v) is 6.36. The van der Waals surface area contributed by atoms with Crippen molar-refractivity contribution < 1.29 is 14.3 Å². The number of carboxylic acid groups (broad SMARTS) is 1. The third-order valence-corrected chi connectivity index (χ3v) is 4.84. The molecule has 4 heteroatoms. The maximum absolute atomic E-state index is 11.0. The van der Waals surface area contributed by atoms with Gasteiger partial charge in [0.25, 0.3) is 0 Å². The first-order chi connectivity index (χ1) is 10.6. The highest BCUT2D eigenvalue weighted by Crippen LogP contribution is 2.31. The molecule has 0 amide bonds. The van der Waals surface area contributed by atoms with E-state index in [2.05, 4.69) is 25.2 Å². The van der Waals surface area contributed by atoms with Crippen LogP contribution in [0.2, 0.25) is 0 Å². The molecule has 4 nitrogen and oxygen atoms in total. The van der Waals surface area contributed by atoms with Crippen molar-refractivity contribution >= 4 is 16.9 Å². The van der Waals surface area contributed by atoms with E-state index in [0.29, 0.717) is 6.04 Å². The zero-order chi connectivity index (χ0) is 15.7. The summed E-state index contributed by atoms with van der Waals surface area (Å²) in [5.74, 6) is 0.169. The maximum Gasteiger partial charge on any atom is 0.306 e. The van der Waals surface area contributed by atoms with E-state index in [4.69, 9.17) is 9.52 Å². The third kappa shape index (κ3) is 2.88. The Hall–Kier alpha value is -1.81. The van der Waals surface area contributed by atoms with Gasteiger partial charge < -0.3 is 14.8 Å². The molecule has 1 aliphatic rings. The van der Waals surface area contributed by atoms with Crippen LogP contribution < -0.4 is 5.32 Å². The first kappa shape index (κ1) is 15.1. The van der Waals surface area contributed by atoms with Gasteiger partial charge in [0.2, 0.25) is 0 Å². The van der Waals surface area contributed by atoms with Gasteiger partial charge >= 0.3 is 5.97 Å². The van der Waals surface area contributed by atoms with Crippen molar-refractivity contribution in [2.45, 2.75) is 51.6 Å². The van der Waals surface area contributed by atoms with Gasteiger partial charge in [0, 0.05) is 11.4 Å². The molecular formula is C18H23NO3. The third-order valence-electron chi connectivity index (χ3n) is 4.84. The Morgan fingerprint density at radius 2 is 1.95 bits per heavy atom. The van der Waals surface area contributed by atoms with E-state index in [1.54, 1.807) is 0 Å². The minimum Gasteiger partial charge on any atom is -0.481 e. The van der Waals surface area contributed by atoms with Gasteiger partial charge in [0.15, 0.2) is 0 Å². The summed E-state index contributed by atoms with van der Waals surface area (Å²) in [4.78, 5) is 11.0. The standard InChI is InChI=1S/C18H23NO3/c1-11-15-5-3-4-6-16(15)22-17(11)12(2)19-14-9-7-13(8-10-14)18(20)21/h3-6,12-14,19H,7-10H2,1-2H3,(H,20,21). The molecule has 22 heavy (non-hydrogen) atoms. The van der Waals surface area contributed by atoms with Crippen molar-refractivity contribution in [3.8, 4) is 0 Å². The van der Waals surface area contributed by atoms with Crippen LogP contribution in [0.3, 0.4) is 0 Å². The predicted molar refractivity (Wildman–Crippen MR) is 85.9 cm³/mol. The lowest BCUT2D eigenvalue weighted by molar-refractivity contribution is -0.142. The molecule has 1 fully saturated rings. The number of hydrogen-bond acceptors (Lipinski definition) is 3. The summed E-state index contributed by atoms with van der Waals surface area (Å²) in [5.41, 5.74) is 2.12. The Labute approximate surface area is 130 Å². The van der Waals surface area contributed by atoms with Crippen LogP contribution in [0.4, 0.5) is 0 Å². The molecule has 1 saturated carbocycles. The van der Waals surface area contributed by atoms with E-state index in [0.717, 1.165) is 37.0 Å². The largest absolute Gasteiger partial charge is 0.481 e. The van der Waals surface area contributed by atoms with E-state index in [9.17, 15) is 4.79 Å². The fourth-order valence-electron chi connectivity index (χ4n) is 3.54. The van der Waals surface area contributed by atoms with Crippen LogP contribution in [0.15, 0.2) is 28.7 Å². The van der Waals surface area contributed by atoms with Gasteiger partial charge in [0.1, 0.15) is 11.3 Å². The van der Waals surface area contributed by atoms with Gasteiger partial charge in [-0.3, -0.25) is 4.79 Å². The Morgan fingerprint density at radius 3 is 2.59 bits per heavy atom. The van der Waals surface area contributed by atoms with E-state index >= 15 is 0 Å². The summed E-state index contributed by atoms with van der Waals surface area (Å²) < 4.78 is 6.00. The molecule has 0 spiro atoms. The zero-order valence-corrected chi connectivity index (χ0v) is 13.1. The molecule has 3 rings (SSSR count). The molecule has 118 valence electrons. The Kier molecular flexibility index (Phi) is 4.21. The van der Waals surface area contributed by atoms with Gasteiger partial charge in [-0.15, -0.1) is 0 Å². The number of carboxylic acids is 1. The number of aryl methyl sites for hydroxylation is 1. The normalized spacial score (nSPS) is 23.5. The van der Waals surface area contributed by atoms with Crippen LogP contribution in [-0.2, 0) is 4.79 Å². The predicted octanol–water partition coefficient (Wildman–Crippen LogP) is 4.04. The first-order valence-corrected chi connectivity index (χ1v) is 8.03. The molecular weight excluding hydrogens is 278 g/mol. The van der Waals surface area contributed by atoms with Crippen LogP contribution >= 0.6 is 0 Å². The monoisotopic (exact) mass is 301 g/mol. The highest BCUT2D eigenvalue weighted by molar-refractivity contribution is 5.82. The van der Waals surface area contributed by atoms with Gasteiger partial charge in [-0.25, -0.2) is 0 Å². The second kappa shape index (κ2) is 6.13. The van der Waals surface area contributed by atoms with Crippen LogP contribution in [0.25, 0.3) is 11.0 Å². The van der Waals surface area contributed by atoms with Gasteiger partial charge in [-0.05, 0) is 51.2 Å². The molecule has 1 atom stereocenters. The number of furan rings is 1. The number of para-hydroxylation sites is 1. The Bertz CT molecular complexity index is 668. The van der Waals surface area contributed by atoms with E-state index in [1.807, 2.05) is 18.2 Å². The summed E-state index contributed by atoms with van der Waals surface area (Å²) in [6.07, 6.45) is 3.36. The molecule has 0 aliphatic heterocycles. The average Bonchev–Trinajstić information content (AvgIpc) is 2.85. The van der Waals surface area contributed by atoms with E-state index < -0.39 is 5.97 Å². The van der Waals surface area contributed by atoms with Crippen molar-refractivity contribution in [2.24, 2.45) is 5.92 Å². The summed E-state index contributed by atoms with van der Waals surface area (Å²) in [5, 5.41) is 13.8. The summed E-state index contributed by atoms with van der Waals surface area (Å²) >= 11 is 0. The molecule has 1 heterocycles. The molecule has 2 N–H and O–H groups in total. The second-order valence-electron chi connectivity index (χ2n) is 6.36. The maximum atomic E-state index is 11.0. The SMILES string of the molecule is Cc1c(C(C)NC2CCC(C(=O)O)CC2)oc2ccccc12. The van der Waals surface area contributed by atoms with Gasteiger partial charge in [-0.1, -0.05) is 18.2 Å². The topological polar surface area (TPSA) is 62.5 Å². The molecule has 0 saturated heterocycles. The van der Waals surface area contributed by atoms with E-state index in [-0.39, 0.29) is 12.0 Å². The highest BCUT2D eigenvalue weighted by Gasteiger charge is 2.27. The number of aliphatic carboxylic acids is 1. The lowest BCUT2D eigenvalue weighted by atomic mass is 9.86. The quantitative estimate of drug-likeness (QED) is 0.894. The number of nitrogens with one attached hydrogen (secondary N) is 1.